The molecule has 0 aliphatic rings. The summed E-state index contributed by atoms with van der Waals surface area (Å²) >= 11 is 0. The van der Waals surface area contributed by atoms with Gasteiger partial charge in [-0.05, 0) is 13.8 Å². The van der Waals surface area contributed by atoms with Crippen molar-refractivity contribution in [2.75, 3.05) is 0 Å². The van der Waals surface area contributed by atoms with E-state index in [9.17, 15) is 13.2 Å². The van der Waals surface area contributed by atoms with Crippen LogP contribution in [0.4, 0.5) is 13.2 Å². The average Bonchev–Trinajstić information content (AvgIpc) is 2.30. The predicted molar refractivity (Wildman–Crippen MR) is 43.6 cm³/mol. The fourth-order valence-electron chi connectivity index (χ4n) is 1.13. The molecule has 1 rings (SSSR count). The van der Waals surface area contributed by atoms with Crippen molar-refractivity contribution in [2.45, 2.75) is 32.9 Å². The maximum Gasteiger partial charge on any atom is 0.522 e. The monoisotopic (exact) mass is 208 g/mol. The molecule has 6 heteroatoms. The Labute approximate surface area is 79.5 Å². The molecule has 0 aliphatic carbocycles. The van der Waals surface area contributed by atoms with Crippen LogP contribution in [-0.2, 0) is 11.3 Å². The number of ether oxygens (including phenoxy) is 1. The van der Waals surface area contributed by atoms with Gasteiger partial charge in [-0.1, -0.05) is 0 Å². The summed E-state index contributed by atoms with van der Waals surface area (Å²) in [4.78, 5) is 3.89. The molecule has 3 nitrogen and oxygen atoms in total. The van der Waals surface area contributed by atoms with E-state index in [1.54, 1.807) is 17.7 Å². The van der Waals surface area contributed by atoms with Crippen LogP contribution in [0.25, 0.3) is 0 Å². The van der Waals surface area contributed by atoms with Crippen molar-refractivity contribution >= 4 is 0 Å². The van der Waals surface area contributed by atoms with E-state index in [4.69, 9.17) is 0 Å². The third-order valence-corrected chi connectivity index (χ3v) is 1.57. The molecule has 1 aromatic heterocycles. The van der Waals surface area contributed by atoms with E-state index in [1.165, 1.54) is 13.3 Å². The normalized spacial score (nSPS) is 14.4. The van der Waals surface area contributed by atoms with Gasteiger partial charge in [-0.25, -0.2) is 4.98 Å². The number of rotatable bonds is 3. The average molecular weight is 208 g/mol. The highest BCUT2D eigenvalue weighted by Crippen LogP contribution is 2.19. The van der Waals surface area contributed by atoms with Crippen LogP contribution >= 0.6 is 0 Å². The lowest BCUT2D eigenvalue weighted by Gasteiger charge is -2.15. The second-order valence-corrected chi connectivity index (χ2v) is 3.09. The number of alkyl halides is 3. The van der Waals surface area contributed by atoms with Crippen molar-refractivity contribution in [2.24, 2.45) is 0 Å². The molecule has 0 spiro atoms. The van der Waals surface area contributed by atoms with Crippen LogP contribution in [0, 0.1) is 6.92 Å². The first-order valence-corrected chi connectivity index (χ1v) is 4.10. The number of aryl methyl sites for hydroxylation is 1. The Kier molecular flexibility index (Phi) is 3.15. The molecule has 14 heavy (non-hydrogen) atoms. The molecule has 0 N–H and O–H groups in total. The van der Waals surface area contributed by atoms with Crippen molar-refractivity contribution in [3.05, 3.63) is 18.2 Å². The Morgan fingerprint density at radius 2 is 2.21 bits per heavy atom. The van der Waals surface area contributed by atoms with E-state index in [1.807, 2.05) is 0 Å². The fraction of sp³-hybridized carbons (Fsp3) is 0.625. The molecule has 1 atom stereocenters. The summed E-state index contributed by atoms with van der Waals surface area (Å²) < 4.78 is 40.7. The molecule has 0 aromatic carbocycles. The van der Waals surface area contributed by atoms with Gasteiger partial charge in [-0.15, -0.1) is 13.2 Å². The zero-order chi connectivity index (χ0) is 10.8. The number of halogens is 3. The van der Waals surface area contributed by atoms with E-state index < -0.39 is 12.5 Å². The molecule has 0 saturated carbocycles. The summed E-state index contributed by atoms with van der Waals surface area (Å²) in [7, 11) is 0. The minimum Gasteiger partial charge on any atom is -0.335 e. The minimum absolute atomic E-state index is 0.139. The third kappa shape index (κ3) is 3.78. The van der Waals surface area contributed by atoms with Crippen molar-refractivity contribution in [1.29, 1.82) is 0 Å². The Morgan fingerprint density at radius 1 is 1.57 bits per heavy atom. The third-order valence-electron chi connectivity index (χ3n) is 1.57. The van der Waals surface area contributed by atoms with Gasteiger partial charge in [0.15, 0.2) is 0 Å². The van der Waals surface area contributed by atoms with Crippen molar-refractivity contribution in [1.82, 2.24) is 9.55 Å². The second kappa shape index (κ2) is 4.00. The fourth-order valence-corrected chi connectivity index (χ4v) is 1.13. The number of hydrogen-bond donors (Lipinski definition) is 0. The van der Waals surface area contributed by atoms with E-state index in [-0.39, 0.29) is 6.54 Å². The molecule has 0 fully saturated rings. The molecule has 1 unspecified atom stereocenters. The van der Waals surface area contributed by atoms with E-state index in [0.29, 0.717) is 0 Å². The summed E-state index contributed by atoms with van der Waals surface area (Å²) in [5, 5.41) is 0. The van der Waals surface area contributed by atoms with Crippen molar-refractivity contribution in [3.8, 4) is 0 Å². The maximum atomic E-state index is 11.8. The Bertz CT molecular complexity index is 295. The smallest absolute Gasteiger partial charge is 0.335 e. The number of aromatic nitrogens is 2. The highest BCUT2D eigenvalue weighted by atomic mass is 19.4. The molecule has 0 aliphatic heterocycles. The summed E-state index contributed by atoms with van der Waals surface area (Å²) in [5.41, 5.74) is 0.768. The van der Waals surface area contributed by atoms with Gasteiger partial charge >= 0.3 is 6.36 Å². The summed E-state index contributed by atoms with van der Waals surface area (Å²) in [6.45, 7) is 3.27. The minimum atomic E-state index is -4.57. The van der Waals surface area contributed by atoms with Gasteiger partial charge < -0.3 is 4.57 Å². The lowest BCUT2D eigenvalue weighted by molar-refractivity contribution is -0.341. The SMILES string of the molecule is Cc1cn(CC(C)OC(F)(F)F)cn1. The first kappa shape index (κ1) is 11.0. The maximum absolute atomic E-state index is 11.8. The second-order valence-electron chi connectivity index (χ2n) is 3.09. The predicted octanol–water partition coefficient (Wildman–Crippen LogP) is 2.12. The summed E-state index contributed by atoms with van der Waals surface area (Å²) in [6.07, 6.45) is -2.35. The van der Waals surface area contributed by atoms with Gasteiger partial charge in [0.1, 0.15) is 0 Å². The summed E-state index contributed by atoms with van der Waals surface area (Å²) in [6, 6.07) is 0. The van der Waals surface area contributed by atoms with Gasteiger partial charge in [-0.3, -0.25) is 4.74 Å². The van der Waals surface area contributed by atoms with Gasteiger partial charge in [-0.2, -0.15) is 0 Å². The van der Waals surface area contributed by atoms with Crippen LogP contribution in [0.5, 0.6) is 0 Å². The van der Waals surface area contributed by atoms with Crippen LogP contribution in [0.2, 0.25) is 0 Å². The molecule has 1 heterocycles. The zero-order valence-corrected chi connectivity index (χ0v) is 7.88. The molecular formula is C8H11F3N2O. The molecule has 0 saturated heterocycles. The topological polar surface area (TPSA) is 27.1 Å². The van der Waals surface area contributed by atoms with Crippen LogP contribution < -0.4 is 0 Å². The first-order chi connectivity index (χ1) is 6.37. The zero-order valence-electron chi connectivity index (χ0n) is 7.88. The lowest BCUT2D eigenvalue weighted by atomic mass is 10.4. The number of hydrogen-bond acceptors (Lipinski definition) is 2. The molecule has 0 radical (unpaired) electrons. The highest BCUT2D eigenvalue weighted by molar-refractivity contribution is 4.92. The first-order valence-electron chi connectivity index (χ1n) is 4.10. The van der Waals surface area contributed by atoms with Crippen LogP contribution in [0.15, 0.2) is 12.5 Å². The molecular weight excluding hydrogens is 197 g/mol. The molecule has 0 amide bonds. The van der Waals surface area contributed by atoms with Crippen LogP contribution in [0.3, 0.4) is 0 Å². The number of imidazole rings is 1. The Hall–Kier alpha value is -1.04. The van der Waals surface area contributed by atoms with E-state index in [2.05, 4.69) is 9.72 Å². The van der Waals surface area contributed by atoms with Crippen LogP contribution in [-0.4, -0.2) is 22.0 Å². The van der Waals surface area contributed by atoms with Crippen LogP contribution in [0.1, 0.15) is 12.6 Å². The largest absolute Gasteiger partial charge is 0.522 e. The van der Waals surface area contributed by atoms with Gasteiger partial charge in [0.2, 0.25) is 0 Å². The lowest BCUT2D eigenvalue weighted by Crippen LogP contribution is -2.24. The highest BCUT2D eigenvalue weighted by Gasteiger charge is 2.31. The Morgan fingerprint density at radius 3 is 2.64 bits per heavy atom. The van der Waals surface area contributed by atoms with Gasteiger partial charge in [0.25, 0.3) is 0 Å². The van der Waals surface area contributed by atoms with Gasteiger partial charge in [0, 0.05) is 12.7 Å². The molecule has 1 aromatic rings. The van der Waals surface area contributed by atoms with Crippen molar-refractivity contribution < 1.29 is 17.9 Å². The standard InChI is InChI=1S/C8H11F3N2O/c1-6-3-13(5-12-6)4-7(2)14-8(9,10)11/h3,5,7H,4H2,1-2H3. The molecule has 0 bridgehead atoms. The number of nitrogens with zero attached hydrogens (tertiary/aromatic N) is 2. The van der Waals surface area contributed by atoms with Crippen molar-refractivity contribution in [3.63, 3.8) is 0 Å². The summed E-state index contributed by atoms with van der Waals surface area (Å²) in [5.74, 6) is 0. The van der Waals surface area contributed by atoms with Gasteiger partial charge in [0.05, 0.1) is 18.1 Å². The molecule has 80 valence electrons. The van der Waals surface area contributed by atoms with E-state index in [0.717, 1.165) is 5.69 Å². The Balaban J connectivity index is 2.45. The quantitative estimate of drug-likeness (QED) is 0.760. The van der Waals surface area contributed by atoms with E-state index >= 15 is 0 Å².